The maximum atomic E-state index is 11.3. The van der Waals surface area contributed by atoms with Crippen molar-refractivity contribution in [2.24, 2.45) is 0 Å². The van der Waals surface area contributed by atoms with Gasteiger partial charge in [0.15, 0.2) is 6.10 Å². The fourth-order valence-electron chi connectivity index (χ4n) is 2.46. The molecule has 0 radical (unpaired) electrons. The molecule has 1 aliphatic heterocycles. The first kappa shape index (κ1) is 21.2. The van der Waals surface area contributed by atoms with Crippen LogP contribution in [0.1, 0.15) is 13.3 Å². The van der Waals surface area contributed by atoms with Gasteiger partial charge in [0.1, 0.15) is 18.8 Å². The molecule has 0 spiro atoms. The second-order valence-corrected chi connectivity index (χ2v) is 5.53. The second kappa shape index (κ2) is 8.51. The van der Waals surface area contributed by atoms with E-state index in [1.54, 1.807) is 0 Å². The van der Waals surface area contributed by atoms with Crippen molar-refractivity contribution in [1.29, 1.82) is 0 Å². The summed E-state index contributed by atoms with van der Waals surface area (Å²) in [6.45, 7) is -0.978. The van der Waals surface area contributed by atoms with Crippen molar-refractivity contribution in [1.82, 2.24) is 5.32 Å². The molecule has 3 unspecified atom stereocenters. The van der Waals surface area contributed by atoms with E-state index < -0.39 is 73.7 Å². The number of aliphatic hydroxyl groups is 5. The molecule has 12 nitrogen and oxygen atoms in total. The molecule has 1 rings (SSSR count). The van der Waals surface area contributed by atoms with Gasteiger partial charge in [-0.3, -0.25) is 4.79 Å². The van der Waals surface area contributed by atoms with E-state index in [0.29, 0.717) is 0 Å². The Hall–Kier alpha value is -1.83. The molecule has 1 amide bonds. The van der Waals surface area contributed by atoms with Crippen molar-refractivity contribution < 1.29 is 54.5 Å². The smallest absolute Gasteiger partial charge is 0.364 e. The molecule has 0 aliphatic carbocycles. The first-order chi connectivity index (χ1) is 11.6. The van der Waals surface area contributed by atoms with Crippen LogP contribution in [0.2, 0.25) is 0 Å². The van der Waals surface area contributed by atoms with Gasteiger partial charge in [-0.15, -0.1) is 0 Å². The van der Waals surface area contributed by atoms with Crippen molar-refractivity contribution in [2.45, 2.75) is 49.6 Å². The Balaban J connectivity index is 3.26. The van der Waals surface area contributed by atoms with E-state index >= 15 is 0 Å². The van der Waals surface area contributed by atoms with Gasteiger partial charge in [0.25, 0.3) is 5.79 Å². The van der Waals surface area contributed by atoms with Crippen LogP contribution in [0, 0.1) is 0 Å². The van der Waals surface area contributed by atoms with Crippen LogP contribution >= 0.6 is 0 Å². The number of hydrogen-bond acceptors (Lipinski definition) is 10. The van der Waals surface area contributed by atoms with E-state index in [1.807, 2.05) is 0 Å². The average molecular weight is 367 g/mol. The SMILES string of the molecule is CC(=O)N[C@@H]1[C@@H](O)CC(O)(C(=O)O)O[C@H]1C(OC(=O)CO)C(O)CO. The maximum Gasteiger partial charge on any atom is 0.364 e. The number of carboxylic acids is 1. The van der Waals surface area contributed by atoms with Gasteiger partial charge in [0, 0.05) is 13.3 Å². The van der Waals surface area contributed by atoms with Crippen LogP contribution in [-0.2, 0) is 23.9 Å². The molecule has 0 aromatic carbocycles. The van der Waals surface area contributed by atoms with E-state index in [0.717, 1.165) is 6.92 Å². The Kier molecular flexibility index (Phi) is 7.22. The molecule has 144 valence electrons. The molecule has 7 N–H and O–H groups in total. The first-order valence-electron chi connectivity index (χ1n) is 7.23. The van der Waals surface area contributed by atoms with Gasteiger partial charge in [-0.05, 0) is 0 Å². The predicted molar refractivity (Wildman–Crippen MR) is 75.7 cm³/mol. The molecular weight excluding hydrogens is 346 g/mol. The van der Waals surface area contributed by atoms with Gasteiger partial charge in [0.05, 0.1) is 18.8 Å². The lowest BCUT2D eigenvalue weighted by Crippen LogP contribution is -2.67. The van der Waals surface area contributed by atoms with Crippen molar-refractivity contribution in [3.63, 3.8) is 0 Å². The summed E-state index contributed by atoms with van der Waals surface area (Å²) in [5.74, 6) is -6.66. The average Bonchev–Trinajstić information content (AvgIpc) is 2.53. The molecule has 1 heterocycles. The van der Waals surface area contributed by atoms with E-state index in [4.69, 9.17) is 24.8 Å². The highest BCUT2D eigenvalue weighted by molar-refractivity contribution is 5.76. The molecule has 1 fully saturated rings. The highest BCUT2D eigenvalue weighted by Gasteiger charge is 2.55. The minimum atomic E-state index is -2.89. The molecule has 1 saturated heterocycles. The van der Waals surface area contributed by atoms with Gasteiger partial charge in [-0.25, -0.2) is 9.59 Å². The summed E-state index contributed by atoms with van der Waals surface area (Å²) < 4.78 is 9.74. The lowest BCUT2D eigenvalue weighted by molar-refractivity contribution is -0.296. The van der Waals surface area contributed by atoms with E-state index in [-0.39, 0.29) is 0 Å². The van der Waals surface area contributed by atoms with Crippen LogP contribution in [0.5, 0.6) is 0 Å². The lowest BCUT2D eigenvalue weighted by atomic mass is 9.88. The number of aliphatic hydroxyl groups excluding tert-OH is 4. The zero-order chi connectivity index (χ0) is 19.4. The van der Waals surface area contributed by atoms with Crippen molar-refractivity contribution in [3.8, 4) is 0 Å². The molecule has 6 atom stereocenters. The number of carbonyl (C=O) groups excluding carboxylic acids is 2. The third kappa shape index (κ3) is 5.07. The highest BCUT2D eigenvalue weighted by Crippen LogP contribution is 2.31. The van der Waals surface area contributed by atoms with E-state index in [2.05, 4.69) is 5.32 Å². The lowest BCUT2D eigenvalue weighted by Gasteiger charge is -2.45. The number of carboxylic acid groups (broad SMARTS) is 1. The van der Waals surface area contributed by atoms with Crippen LogP contribution < -0.4 is 5.32 Å². The van der Waals surface area contributed by atoms with Crippen LogP contribution in [0.3, 0.4) is 0 Å². The Morgan fingerprint density at radius 2 is 1.96 bits per heavy atom. The largest absolute Gasteiger partial charge is 0.477 e. The number of rotatable bonds is 7. The molecule has 0 aromatic heterocycles. The summed E-state index contributed by atoms with van der Waals surface area (Å²) in [4.78, 5) is 33.9. The standard InChI is InChI=1S/C13H21NO11/c1-5(17)14-9-6(18)2-13(23,12(21)22)25-11(9)10(7(19)3-15)24-8(20)4-16/h6-7,9-11,15-16,18-19,23H,2-4H2,1H3,(H,14,17)(H,21,22)/t6-,7?,9+,10?,11+,13?/m0/s1. The topological polar surface area (TPSA) is 203 Å². The summed E-state index contributed by atoms with van der Waals surface area (Å²) in [6, 6.07) is -1.38. The third-order valence-electron chi connectivity index (χ3n) is 3.58. The second-order valence-electron chi connectivity index (χ2n) is 5.53. The van der Waals surface area contributed by atoms with Gasteiger partial charge in [0.2, 0.25) is 5.91 Å². The van der Waals surface area contributed by atoms with Gasteiger partial charge in [-0.2, -0.15) is 0 Å². The predicted octanol–water partition coefficient (Wildman–Crippen LogP) is -4.33. The number of esters is 1. The Labute approximate surface area is 141 Å². The van der Waals surface area contributed by atoms with Crippen LogP contribution in [-0.4, -0.2) is 97.9 Å². The molecule has 0 bridgehead atoms. The summed E-state index contributed by atoms with van der Waals surface area (Å²) >= 11 is 0. The van der Waals surface area contributed by atoms with Crippen LogP contribution in [0.4, 0.5) is 0 Å². The number of aliphatic carboxylic acids is 1. The molecular formula is C13H21NO11. The van der Waals surface area contributed by atoms with E-state index in [1.165, 1.54) is 0 Å². The minimum Gasteiger partial charge on any atom is -0.477 e. The number of hydrogen-bond donors (Lipinski definition) is 7. The van der Waals surface area contributed by atoms with Crippen LogP contribution in [0.25, 0.3) is 0 Å². The Bertz CT molecular complexity index is 512. The summed E-state index contributed by atoms with van der Waals surface area (Å²) in [7, 11) is 0. The van der Waals surface area contributed by atoms with Gasteiger partial charge >= 0.3 is 11.9 Å². The Morgan fingerprint density at radius 1 is 1.36 bits per heavy atom. The van der Waals surface area contributed by atoms with Gasteiger partial charge < -0.3 is 45.4 Å². The number of nitrogens with one attached hydrogen (secondary N) is 1. The maximum absolute atomic E-state index is 11.3. The molecule has 12 heteroatoms. The first-order valence-corrected chi connectivity index (χ1v) is 7.23. The molecule has 1 aliphatic rings. The molecule has 25 heavy (non-hydrogen) atoms. The van der Waals surface area contributed by atoms with Crippen molar-refractivity contribution in [3.05, 3.63) is 0 Å². The van der Waals surface area contributed by atoms with Crippen LogP contribution in [0.15, 0.2) is 0 Å². The molecule has 0 aromatic rings. The normalized spacial score (nSPS) is 31.7. The van der Waals surface area contributed by atoms with Gasteiger partial charge in [-0.1, -0.05) is 0 Å². The fraction of sp³-hybridized carbons (Fsp3) is 0.769. The highest BCUT2D eigenvalue weighted by atomic mass is 16.7. The monoisotopic (exact) mass is 367 g/mol. The molecule has 0 saturated carbocycles. The minimum absolute atomic E-state index is 0.663. The summed E-state index contributed by atoms with van der Waals surface area (Å²) in [6.07, 6.45) is -7.83. The quantitative estimate of drug-likeness (QED) is 0.214. The number of ether oxygens (including phenoxy) is 2. The summed E-state index contributed by atoms with van der Waals surface area (Å²) in [5, 5.41) is 59.2. The zero-order valence-electron chi connectivity index (χ0n) is 13.2. The number of amides is 1. The Morgan fingerprint density at radius 3 is 2.40 bits per heavy atom. The fourth-order valence-corrected chi connectivity index (χ4v) is 2.46. The van der Waals surface area contributed by atoms with E-state index in [9.17, 15) is 29.7 Å². The number of carbonyl (C=O) groups is 3. The van der Waals surface area contributed by atoms with Crippen molar-refractivity contribution >= 4 is 17.8 Å². The zero-order valence-corrected chi connectivity index (χ0v) is 13.2. The third-order valence-corrected chi connectivity index (χ3v) is 3.58. The summed E-state index contributed by atoms with van der Waals surface area (Å²) in [5.41, 5.74) is 0. The van der Waals surface area contributed by atoms with Crippen molar-refractivity contribution in [2.75, 3.05) is 13.2 Å².